The monoisotopic (exact) mass is 469 g/mol. The van der Waals surface area contributed by atoms with E-state index < -0.39 is 41.9 Å². The van der Waals surface area contributed by atoms with Crippen molar-refractivity contribution in [3.05, 3.63) is 65.7 Å². The number of benzene rings is 2. The van der Waals surface area contributed by atoms with Crippen molar-refractivity contribution in [2.75, 3.05) is 13.1 Å². The molecule has 0 heterocycles. The van der Waals surface area contributed by atoms with E-state index in [1.807, 2.05) is 37.3 Å². The van der Waals surface area contributed by atoms with Gasteiger partial charge in [0, 0.05) is 0 Å². The first-order valence-corrected chi connectivity index (χ1v) is 11.1. The Morgan fingerprint density at radius 3 is 2.18 bits per heavy atom. The highest BCUT2D eigenvalue weighted by Gasteiger charge is 2.31. The Labute approximate surface area is 200 Å². The second kappa shape index (κ2) is 14.0. The molecule has 5 N–H and O–H groups in total. The predicted octanol–water partition coefficient (Wildman–Crippen LogP) is 0.460. The van der Waals surface area contributed by atoms with Gasteiger partial charge in [-0.15, -0.1) is 0 Å². The van der Waals surface area contributed by atoms with Crippen molar-refractivity contribution in [3.8, 4) is 5.75 Å². The van der Waals surface area contributed by atoms with Gasteiger partial charge in [0.2, 0.25) is 17.5 Å². The molecule has 182 valence electrons. The molecule has 1 unspecified atom stereocenters. The molecule has 0 radical (unpaired) electrons. The smallest absolute Gasteiger partial charge is 0.235 e. The number of nitrogens with one attached hydrogen (secondary N) is 4. The highest BCUT2D eigenvalue weighted by molar-refractivity contribution is 6.41. The lowest BCUT2D eigenvalue weighted by Crippen LogP contribution is -2.55. The summed E-state index contributed by atoms with van der Waals surface area (Å²) in [6, 6.07) is 12.9. The molecule has 9 nitrogen and oxygen atoms in total. The summed E-state index contributed by atoms with van der Waals surface area (Å²) >= 11 is 0. The van der Waals surface area contributed by atoms with Crippen molar-refractivity contribution >= 4 is 23.7 Å². The zero-order valence-electron chi connectivity index (χ0n) is 20.3. The Balaban J connectivity index is 2.11. The Morgan fingerprint density at radius 1 is 0.971 bits per heavy atom. The first-order valence-electron chi connectivity index (χ1n) is 11.6. The molecular formula is C25H32N4O5. The Bertz CT molecular complexity index is 1000. The van der Waals surface area contributed by atoms with Crippen molar-refractivity contribution in [2.45, 2.75) is 44.8 Å². The van der Waals surface area contributed by atoms with E-state index in [0.29, 0.717) is 6.54 Å². The number of phenols is 1. The third-order valence-corrected chi connectivity index (χ3v) is 5.06. The summed E-state index contributed by atoms with van der Waals surface area (Å²) in [6.45, 7) is 3.44. The van der Waals surface area contributed by atoms with Crippen LogP contribution >= 0.6 is 0 Å². The van der Waals surface area contributed by atoms with Crippen LogP contribution in [0, 0.1) is 0 Å². The van der Waals surface area contributed by atoms with Gasteiger partial charge in [0.15, 0.2) is 0 Å². The summed E-state index contributed by atoms with van der Waals surface area (Å²) in [5.74, 6) is -1.69. The van der Waals surface area contributed by atoms with Crippen LogP contribution in [0.25, 0.3) is 0 Å². The summed E-state index contributed by atoms with van der Waals surface area (Å²) in [5.41, 5.74) is 7.04. The van der Waals surface area contributed by atoms with Gasteiger partial charge in [-0.2, -0.15) is 0 Å². The van der Waals surface area contributed by atoms with Crippen LogP contribution < -0.4 is 21.5 Å². The average molecular weight is 470 g/mol. The third kappa shape index (κ3) is 8.86. The molecule has 2 aromatic carbocycles. The van der Waals surface area contributed by atoms with E-state index in [0.717, 1.165) is 11.1 Å². The maximum absolute atomic E-state index is 13.2. The van der Waals surface area contributed by atoms with Crippen LogP contribution in [0.4, 0.5) is 0 Å². The van der Waals surface area contributed by atoms with Crippen LogP contribution in [-0.4, -0.2) is 60.1 Å². The van der Waals surface area contributed by atoms with E-state index in [-0.39, 0.29) is 25.1 Å². The standard InChI is InChI=1S/C25H32N4O5/c1-3-26-21(13-19-9-11-20(31)12-10-19)24(33)25(34)22(14-18-7-5-4-6-8-18)29-27-15-23(32)28-17(2)16-30/h4-12,16-17,21-22,26-27,29,31H,3,13-15H2,1-2H3,(H,28,32)/t17-,21-,22?/m0/s1/i16D. The van der Waals surface area contributed by atoms with Crippen molar-refractivity contribution < 1.29 is 25.7 Å². The number of carbonyl (C=O) groups excluding carboxylic acids is 4. The lowest BCUT2D eigenvalue weighted by molar-refractivity contribution is -0.139. The average Bonchev–Trinajstić information content (AvgIpc) is 2.84. The van der Waals surface area contributed by atoms with Crippen molar-refractivity contribution in [1.82, 2.24) is 21.5 Å². The van der Waals surface area contributed by atoms with Gasteiger partial charge in [-0.3, -0.25) is 14.4 Å². The van der Waals surface area contributed by atoms with E-state index >= 15 is 0 Å². The quantitative estimate of drug-likeness (QED) is 0.144. The maximum Gasteiger partial charge on any atom is 0.235 e. The molecule has 0 fully saturated rings. The number of hydrogen-bond acceptors (Lipinski definition) is 8. The van der Waals surface area contributed by atoms with Gasteiger partial charge in [0.05, 0.1) is 24.7 Å². The van der Waals surface area contributed by atoms with Crippen LogP contribution in [0.1, 0.15) is 26.3 Å². The molecule has 0 bridgehead atoms. The molecule has 0 aliphatic carbocycles. The van der Waals surface area contributed by atoms with Crippen LogP contribution in [0.5, 0.6) is 5.75 Å². The maximum atomic E-state index is 13.2. The highest BCUT2D eigenvalue weighted by Crippen LogP contribution is 2.13. The highest BCUT2D eigenvalue weighted by atomic mass is 16.3. The third-order valence-electron chi connectivity index (χ3n) is 5.06. The molecule has 0 aliphatic heterocycles. The Hall–Kier alpha value is -3.40. The van der Waals surface area contributed by atoms with E-state index in [2.05, 4.69) is 21.5 Å². The second-order valence-corrected chi connectivity index (χ2v) is 7.86. The Kier molecular flexibility index (Phi) is 10.4. The minimum absolute atomic E-state index is 0.111. The number of Topliss-reactive ketones (excluding diaryl/α,β-unsaturated/α-hetero) is 2. The number of ketones is 2. The van der Waals surface area contributed by atoms with Gasteiger partial charge in [-0.1, -0.05) is 49.4 Å². The number of hydrazine groups is 1. The first kappa shape index (κ1) is 25.2. The van der Waals surface area contributed by atoms with Crippen molar-refractivity contribution in [1.29, 1.82) is 0 Å². The molecule has 1 amide bonds. The van der Waals surface area contributed by atoms with E-state index in [1.165, 1.54) is 19.1 Å². The Morgan fingerprint density at radius 2 is 1.56 bits per heavy atom. The molecule has 0 spiro atoms. The fraction of sp³-hybridized carbons (Fsp3) is 0.360. The number of aromatic hydroxyl groups is 1. The fourth-order valence-electron chi connectivity index (χ4n) is 3.35. The van der Waals surface area contributed by atoms with E-state index in [1.54, 1.807) is 12.1 Å². The summed E-state index contributed by atoms with van der Waals surface area (Å²) in [4.78, 5) is 49.4. The minimum Gasteiger partial charge on any atom is -0.508 e. The molecule has 2 aromatic rings. The van der Waals surface area contributed by atoms with Gasteiger partial charge < -0.3 is 20.5 Å². The molecule has 3 atom stereocenters. The predicted molar refractivity (Wildman–Crippen MR) is 128 cm³/mol. The zero-order chi connectivity index (χ0) is 25.8. The van der Waals surface area contributed by atoms with Gasteiger partial charge in [0.25, 0.3) is 0 Å². The molecule has 0 aromatic heterocycles. The summed E-state index contributed by atoms with van der Waals surface area (Å²) in [5, 5.41) is 14.9. The lowest BCUT2D eigenvalue weighted by Gasteiger charge is -2.22. The van der Waals surface area contributed by atoms with E-state index in [4.69, 9.17) is 1.37 Å². The number of phenolic OH excluding ortho intramolecular Hbond substituents is 1. The van der Waals surface area contributed by atoms with Gasteiger partial charge in [-0.05, 0) is 49.6 Å². The minimum atomic E-state index is -0.951. The number of rotatable bonds is 15. The summed E-state index contributed by atoms with van der Waals surface area (Å²) < 4.78 is 7.03. The molecule has 0 saturated carbocycles. The number of amides is 1. The fourth-order valence-corrected chi connectivity index (χ4v) is 3.35. The summed E-state index contributed by atoms with van der Waals surface area (Å²) in [7, 11) is 0. The molecule has 0 aliphatic rings. The number of likely N-dealkylation sites (N-methyl/N-ethyl adjacent to an activating group) is 1. The molecular weight excluding hydrogens is 436 g/mol. The number of carbonyl (C=O) groups is 4. The topological polar surface area (TPSA) is 137 Å². The van der Waals surface area contributed by atoms with Gasteiger partial charge in [0.1, 0.15) is 13.4 Å². The SMILES string of the molecule is [2H]C(=O)[C@H](C)NC(=O)CNNC(Cc1ccccc1)C(=O)C(=O)[C@H](Cc1ccc(O)cc1)NCC. The van der Waals surface area contributed by atoms with Crippen LogP contribution in [0.3, 0.4) is 0 Å². The normalized spacial score (nSPS) is 13.9. The zero-order valence-corrected chi connectivity index (χ0v) is 19.3. The lowest BCUT2D eigenvalue weighted by atomic mass is 9.94. The molecule has 9 heteroatoms. The number of hydrogen-bond donors (Lipinski definition) is 5. The van der Waals surface area contributed by atoms with Gasteiger partial charge >= 0.3 is 0 Å². The second-order valence-electron chi connectivity index (χ2n) is 7.86. The van der Waals surface area contributed by atoms with Crippen LogP contribution in [0.15, 0.2) is 54.6 Å². The van der Waals surface area contributed by atoms with Crippen molar-refractivity contribution in [2.24, 2.45) is 0 Å². The van der Waals surface area contributed by atoms with E-state index in [9.17, 15) is 24.3 Å². The first-order chi connectivity index (χ1) is 16.7. The van der Waals surface area contributed by atoms with Crippen molar-refractivity contribution in [3.63, 3.8) is 0 Å². The van der Waals surface area contributed by atoms with Crippen LogP contribution in [0.2, 0.25) is 0 Å². The molecule has 34 heavy (non-hydrogen) atoms. The number of aldehydes is 1. The van der Waals surface area contributed by atoms with Crippen LogP contribution in [-0.2, 0) is 32.0 Å². The summed E-state index contributed by atoms with van der Waals surface area (Å²) in [6.07, 6.45) is -0.442. The largest absolute Gasteiger partial charge is 0.508 e. The molecule has 0 saturated heterocycles. The van der Waals surface area contributed by atoms with Gasteiger partial charge in [-0.25, -0.2) is 10.9 Å². The molecule has 2 rings (SSSR count).